The van der Waals surface area contributed by atoms with E-state index in [1.165, 1.54) is 24.0 Å². The normalized spacial score (nSPS) is 19.4. The van der Waals surface area contributed by atoms with E-state index in [9.17, 15) is 0 Å². The first-order chi connectivity index (χ1) is 6.61. The summed E-state index contributed by atoms with van der Waals surface area (Å²) in [6.45, 7) is 14.4. The Labute approximate surface area is 87.6 Å². The average Bonchev–Trinajstić information content (AvgIpc) is 2.15. The molecule has 1 fully saturated rings. The van der Waals surface area contributed by atoms with Gasteiger partial charge in [-0.25, -0.2) is 0 Å². The number of nitrogens with one attached hydrogen (secondary N) is 1. The lowest BCUT2D eigenvalue weighted by molar-refractivity contribution is 0.422. The van der Waals surface area contributed by atoms with Crippen LogP contribution in [0.4, 0.5) is 0 Å². The van der Waals surface area contributed by atoms with Crippen LogP contribution in [0.1, 0.15) is 26.7 Å². The van der Waals surface area contributed by atoms with E-state index >= 15 is 0 Å². The quantitative estimate of drug-likeness (QED) is 0.676. The van der Waals surface area contributed by atoms with Crippen molar-refractivity contribution < 1.29 is 0 Å². The Kier molecular flexibility index (Phi) is 4.15. The van der Waals surface area contributed by atoms with Gasteiger partial charge in [0.1, 0.15) is 0 Å². The average molecular weight is 191 g/mol. The molecule has 1 aliphatic heterocycles. The van der Waals surface area contributed by atoms with E-state index in [0.717, 1.165) is 18.7 Å². The lowest BCUT2D eigenvalue weighted by Gasteiger charge is -2.25. The Balaban J connectivity index is 2.76. The third-order valence-electron chi connectivity index (χ3n) is 2.67. The predicted octanol–water partition coefficient (Wildman–Crippen LogP) is 3.06. The maximum absolute atomic E-state index is 4.05. The third-order valence-corrected chi connectivity index (χ3v) is 2.67. The van der Waals surface area contributed by atoms with E-state index in [4.69, 9.17) is 0 Å². The van der Waals surface area contributed by atoms with Crippen molar-refractivity contribution in [3.63, 3.8) is 0 Å². The second-order valence-electron chi connectivity index (χ2n) is 4.25. The smallest absolute Gasteiger partial charge is 0.00431 e. The molecule has 1 saturated heterocycles. The van der Waals surface area contributed by atoms with Crippen LogP contribution in [0.3, 0.4) is 0 Å². The van der Waals surface area contributed by atoms with Gasteiger partial charge in [0, 0.05) is 0 Å². The van der Waals surface area contributed by atoms with Crippen molar-refractivity contribution >= 4 is 0 Å². The van der Waals surface area contributed by atoms with Gasteiger partial charge in [0.05, 0.1) is 0 Å². The molecule has 0 aromatic heterocycles. The maximum Gasteiger partial charge on any atom is -0.00431 e. The molecule has 1 heterocycles. The summed E-state index contributed by atoms with van der Waals surface area (Å²) in [5.74, 6) is 0.686. The van der Waals surface area contributed by atoms with Gasteiger partial charge < -0.3 is 5.32 Å². The minimum absolute atomic E-state index is 0.686. The molecule has 0 radical (unpaired) electrons. The zero-order valence-corrected chi connectivity index (χ0v) is 9.40. The van der Waals surface area contributed by atoms with Gasteiger partial charge in [-0.3, -0.25) is 0 Å². The van der Waals surface area contributed by atoms with Crippen LogP contribution in [0.25, 0.3) is 0 Å². The molecular weight excluding hydrogens is 170 g/mol. The van der Waals surface area contributed by atoms with Crippen LogP contribution in [0.2, 0.25) is 0 Å². The lowest BCUT2D eigenvalue weighted by atomic mass is 9.85. The van der Waals surface area contributed by atoms with Gasteiger partial charge in [0.15, 0.2) is 0 Å². The summed E-state index contributed by atoms with van der Waals surface area (Å²) in [5.41, 5.74) is 3.72. The van der Waals surface area contributed by atoms with Gasteiger partial charge in [0.2, 0.25) is 0 Å². The highest BCUT2D eigenvalue weighted by atomic mass is 14.9. The molecular formula is C13H21N. The molecule has 0 saturated carbocycles. The molecule has 78 valence electrons. The van der Waals surface area contributed by atoms with Gasteiger partial charge in [-0.05, 0) is 51.3 Å². The van der Waals surface area contributed by atoms with Crippen molar-refractivity contribution in [2.75, 3.05) is 13.1 Å². The molecule has 1 heteroatoms. The molecule has 0 atom stereocenters. The van der Waals surface area contributed by atoms with Gasteiger partial charge in [-0.1, -0.05) is 30.4 Å². The highest BCUT2D eigenvalue weighted by molar-refractivity contribution is 5.35. The summed E-state index contributed by atoms with van der Waals surface area (Å²) in [7, 11) is 0. The van der Waals surface area contributed by atoms with Crippen LogP contribution >= 0.6 is 0 Å². The van der Waals surface area contributed by atoms with Gasteiger partial charge in [-0.2, -0.15) is 0 Å². The summed E-state index contributed by atoms with van der Waals surface area (Å²) in [4.78, 5) is 0. The first-order valence-corrected chi connectivity index (χ1v) is 5.35. The van der Waals surface area contributed by atoms with E-state index in [1.807, 2.05) is 6.92 Å². The molecule has 0 amide bonds. The summed E-state index contributed by atoms with van der Waals surface area (Å²) in [5, 5.41) is 3.38. The summed E-state index contributed by atoms with van der Waals surface area (Å²) in [6, 6.07) is 0. The molecule has 0 spiro atoms. The van der Waals surface area contributed by atoms with E-state index in [-0.39, 0.29) is 0 Å². The molecule has 14 heavy (non-hydrogen) atoms. The minimum atomic E-state index is 0.686. The molecule has 1 N–H and O–H groups in total. The number of piperidine rings is 1. The number of hydrogen-bond donors (Lipinski definition) is 1. The zero-order valence-electron chi connectivity index (χ0n) is 9.40. The molecule has 1 rings (SSSR count). The first-order valence-electron chi connectivity index (χ1n) is 5.35. The van der Waals surface area contributed by atoms with Gasteiger partial charge >= 0.3 is 0 Å². The van der Waals surface area contributed by atoms with Gasteiger partial charge in [0.25, 0.3) is 0 Å². The summed E-state index contributed by atoms with van der Waals surface area (Å²) in [6.07, 6.45) is 4.65. The van der Waals surface area contributed by atoms with Crippen molar-refractivity contribution in [2.45, 2.75) is 26.7 Å². The van der Waals surface area contributed by atoms with Crippen molar-refractivity contribution in [1.29, 1.82) is 0 Å². The molecule has 0 bridgehead atoms. The van der Waals surface area contributed by atoms with Crippen LogP contribution in [0, 0.1) is 5.92 Å². The van der Waals surface area contributed by atoms with Crippen LogP contribution in [-0.2, 0) is 0 Å². The topological polar surface area (TPSA) is 12.0 Å². The first kappa shape index (κ1) is 11.3. The fraction of sp³-hybridized carbons (Fsp3) is 0.538. The van der Waals surface area contributed by atoms with Crippen LogP contribution in [0.5, 0.6) is 0 Å². The molecule has 0 aromatic rings. The fourth-order valence-electron chi connectivity index (χ4n) is 1.99. The van der Waals surface area contributed by atoms with Gasteiger partial charge in [-0.15, -0.1) is 0 Å². The minimum Gasteiger partial charge on any atom is -0.317 e. The van der Waals surface area contributed by atoms with E-state index in [0.29, 0.717) is 5.92 Å². The van der Waals surface area contributed by atoms with Crippen molar-refractivity contribution in [2.24, 2.45) is 5.92 Å². The van der Waals surface area contributed by atoms with Crippen LogP contribution < -0.4 is 5.32 Å². The molecule has 0 aliphatic carbocycles. The van der Waals surface area contributed by atoms with Crippen molar-refractivity contribution in [3.8, 4) is 0 Å². The molecule has 1 nitrogen and oxygen atoms in total. The Bertz CT molecular complexity index is 254. The monoisotopic (exact) mass is 191 g/mol. The van der Waals surface area contributed by atoms with Crippen molar-refractivity contribution in [1.82, 2.24) is 5.32 Å². The molecule has 1 aliphatic rings. The standard InChI is InChI=1S/C13H21N/c1-10(2)9-13(11(3)4)12-5-7-14-8-6-12/h9,12,14H,1,3,5-8H2,2,4H3/b13-9+. The summed E-state index contributed by atoms with van der Waals surface area (Å²) < 4.78 is 0. The Morgan fingerprint density at radius 3 is 2.21 bits per heavy atom. The molecule has 0 unspecified atom stereocenters. The highest BCUT2D eigenvalue weighted by Crippen LogP contribution is 2.27. The van der Waals surface area contributed by atoms with Crippen LogP contribution in [0.15, 0.2) is 36.0 Å². The fourth-order valence-corrected chi connectivity index (χ4v) is 1.99. The van der Waals surface area contributed by atoms with E-state index in [2.05, 4.69) is 31.5 Å². The highest BCUT2D eigenvalue weighted by Gasteiger charge is 2.17. The third kappa shape index (κ3) is 3.15. The number of allylic oxidation sites excluding steroid dienone is 4. The van der Waals surface area contributed by atoms with E-state index in [1.54, 1.807) is 0 Å². The SMILES string of the molecule is C=C(C)/C=C(\C(=C)C)C1CCNCC1. The number of hydrogen-bond acceptors (Lipinski definition) is 1. The summed E-state index contributed by atoms with van der Waals surface area (Å²) >= 11 is 0. The Morgan fingerprint density at radius 2 is 1.79 bits per heavy atom. The largest absolute Gasteiger partial charge is 0.317 e. The van der Waals surface area contributed by atoms with Crippen LogP contribution in [-0.4, -0.2) is 13.1 Å². The Morgan fingerprint density at radius 1 is 1.21 bits per heavy atom. The lowest BCUT2D eigenvalue weighted by Crippen LogP contribution is -2.28. The maximum atomic E-state index is 4.05. The second kappa shape index (κ2) is 5.16. The van der Waals surface area contributed by atoms with E-state index < -0.39 is 0 Å². The molecule has 0 aromatic carbocycles. The van der Waals surface area contributed by atoms with Crippen molar-refractivity contribution in [3.05, 3.63) is 36.0 Å². The predicted molar refractivity (Wildman–Crippen MR) is 63.3 cm³/mol. The zero-order chi connectivity index (χ0) is 10.6. The number of rotatable bonds is 3. The second-order valence-corrected chi connectivity index (χ2v) is 4.25. The Hall–Kier alpha value is -0.820.